The molecule has 0 N–H and O–H groups in total. The maximum Gasteiger partial charge on any atom is 0.179 e. The van der Waals surface area contributed by atoms with Gasteiger partial charge in [0.1, 0.15) is 0 Å². The lowest BCUT2D eigenvalue weighted by Crippen LogP contribution is -2.23. The molecule has 0 saturated carbocycles. The number of nitriles is 1. The van der Waals surface area contributed by atoms with Crippen molar-refractivity contribution in [3.63, 3.8) is 0 Å². The van der Waals surface area contributed by atoms with Gasteiger partial charge in [-0.25, -0.2) is 0 Å². The molecule has 52 valence electrons. The first-order valence-electron chi connectivity index (χ1n) is 2.99. The summed E-state index contributed by atoms with van der Waals surface area (Å²) in [5.41, 5.74) is 0. The second-order valence-corrected chi connectivity index (χ2v) is 2.66. The summed E-state index contributed by atoms with van der Waals surface area (Å²) in [5, 5.41) is 8.45. The van der Waals surface area contributed by atoms with Crippen molar-refractivity contribution in [2.75, 3.05) is 13.1 Å². The molecular formula is C6H11ClN2. The molecule has 0 aliphatic carbocycles. The van der Waals surface area contributed by atoms with E-state index in [2.05, 4.69) is 0 Å². The Bertz CT molecular complexity index is 106. The minimum Gasteiger partial charge on any atom is -0.309 e. The minimum atomic E-state index is 0.0598. The lowest BCUT2D eigenvalue weighted by molar-refractivity contribution is 0.415. The van der Waals surface area contributed by atoms with Gasteiger partial charge in [0.25, 0.3) is 0 Å². The van der Waals surface area contributed by atoms with E-state index in [1.807, 2.05) is 20.0 Å². The third-order valence-electron chi connectivity index (χ3n) is 0.995. The summed E-state index contributed by atoms with van der Waals surface area (Å²) >= 11 is 5.64. The fraction of sp³-hybridized carbons (Fsp3) is 0.833. The third-order valence-corrected chi connectivity index (χ3v) is 1.13. The Labute approximate surface area is 61.0 Å². The molecular weight excluding hydrogens is 136 g/mol. The zero-order valence-corrected chi connectivity index (χ0v) is 6.52. The van der Waals surface area contributed by atoms with E-state index in [9.17, 15) is 0 Å². The number of halogens is 1. The minimum absolute atomic E-state index is 0.0598. The first kappa shape index (κ1) is 8.58. The molecule has 0 radical (unpaired) electrons. The monoisotopic (exact) mass is 146 g/mol. The summed E-state index contributed by atoms with van der Waals surface area (Å²) in [6.07, 6.45) is 2.03. The van der Waals surface area contributed by atoms with Crippen LogP contribution in [0.1, 0.15) is 13.8 Å². The van der Waals surface area contributed by atoms with E-state index < -0.39 is 0 Å². The summed E-state index contributed by atoms with van der Waals surface area (Å²) in [6.45, 7) is 5.20. The molecule has 0 spiro atoms. The van der Waals surface area contributed by atoms with Crippen LogP contribution in [0.25, 0.3) is 0 Å². The number of rotatable bonds is 3. The molecule has 0 aromatic rings. The number of alkyl halides is 1. The summed E-state index contributed by atoms with van der Waals surface area (Å²) in [7, 11) is 0. The molecule has 0 aliphatic heterocycles. The van der Waals surface area contributed by atoms with E-state index in [1.54, 1.807) is 4.90 Å². The van der Waals surface area contributed by atoms with Gasteiger partial charge in [-0.05, 0) is 13.8 Å². The van der Waals surface area contributed by atoms with Crippen LogP contribution in [0.3, 0.4) is 0 Å². The van der Waals surface area contributed by atoms with Gasteiger partial charge in [-0.15, -0.1) is 11.6 Å². The smallest absolute Gasteiger partial charge is 0.179 e. The molecule has 0 heterocycles. The zero-order valence-electron chi connectivity index (χ0n) is 5.76. The van der Waals surface area contributed by atoms with E-state index in [0.29, 0.717) is 6.54 Å². The predicted octanol–water partition coefficient (Wildman–Crippen LogP) is 1.42. The molecule has 2 nitrogen and oxygen atoms in total. The molecule has 0 amide bonds. The van der Waals surface area contributed by atoms with Gasteiger partial charge >= 0.3 is 0 Å². The van der Waals surface area contributed by atoms with Gasteiger partial charge in [0, 0.05) is 18.5 Å². The van der Waals surface area contributed by atoms with Crippen molar-refractivity contribution in [1.29, 1.82) is 5.26 Å². The van der Waals surface area contributed by atoms with Gasteiger partial charge in [-0.2, -0.15) is 5.26 Å². The Kier molecular flexibility index (Phi) is 4.25. The van der Waals surface area contributed by atoms with Crippen LogP contribution in [0, 0.1) is 11.5 Å². The van der Waals surface area contributed by atoms with Crippen molar-refractivity contribution in [1.82, 2.24) is 4.90 Å². The average molecular weight is 147 g/mol. The lowest BCUT2D eigenvalue weighted by atomic mass is 10.4. The molecule has 0 bridgehead atoms. The Morgan fingerprint density at radius 2 is 2.33 bits per heavy atom. The zero-order chi connectivity index (χ0) is 7.28. The Morgan fingerprint density at radius 3 is 2.44 bits per heavy atom. The quantitative estimate of drug-likeness (QED) is 0.342. The second-order valence-electron chi connectivity index (χ2n) is 1.92. The molecule has 0 saturated heterocycles. The van der Waals surface area contributed by atoms with Crippen molar-refractivity contribution >= 4 is 11.6 Å². The van der Waals surface area contributed by atoms with Gasteiger partial charge < -0.3 is 4.90 Å². The van der Waals surface area contributed by atoms with Crippen molar-refractivity contribution in [2.24, 2.45) is 0 Å². The van der Waals surface area contributed by atoms with E-state index in [1.165, 1.54) is 0 Å². The SMILES string of the molecule is CCN(C#N)CC(C)Cl. The predicted molar refractivity (Wildman–Crippen MR) is 38.2 cm³/mol. The maximum absolute atomic E-state index is 8.39. The Balaban J connectivity index is 3.47. The molecule has 0 aromatic carbocycles. The van der Waals surface area contributed by atoms with Gasteiger partial charge in [-0.1, -0.05) is 0 Å². The van der Waals surface area contributed by atoms with Crippen LogP contribution in [0.15, 0.2) is 0 Å². The van der Waals surface area contributed by atoms with Crippen LogP contribution in [-0.4, -0.2) is 23.4 Å². The van der Waals surface area contributed by atoms with Crippen LogP contribution < -0.4 is 0 Å². The van der Waals surface area contributed by atoms with Crippen LogP contribution in [-0.2, 0) is 0 Å². The van der Waals surface area contributed by atoms with Crippen molar-refractivity contribution in [2.45, 2.75) is 19.2 Å². The van der Waals surface area contributed by atoms with Gasteiger partial charge in [0.2, 0.25) is 0 Å². The second kappa shape index (κ2) is 4.46. The highest BCUT2D eigenvalue weighted by atomic mass is 35.5. The van der Waals surface area contributed by atoms with E-state index >= 15 is 0 Å². The molecule has 0 aromatic heterocycles. The standard InChI is InChI=1S/C6H11ClN2/c1-3-9(5-8)4-6(2)7/h6H,3-4H2,1-2H3. The van der Waals surface area contributed by atoms with Crippen molar-refractivity contribution < 1.29 is 0 Å². The van der Waals surface area contributed by atoms with Crippen LogP contribution >= 0.6 is 11.6 Å². The van der Waals surface area contributed by atoms with Gasteiger partial charge in [0.15, 0.2) is 6.19 Å². The average Bonchev–Trinajstić information content (AvgIpc) is 1.82. The first-order valence-corrected chi connectivity index (χ1v) is 3.43. The number of hydrogen-bond donors (Lipinski definition) is 0. The summed E-state index contributed by atoms with van der Waals surface area (Å²) in [6, 6.07) is 0. The molecule has 1 atom stereocenters. The van der Waals surface area contributed by atoms with Crippen LogP contribution in [0.2, 0.25) is 0 Å². The lowest BCUT2D eigenvalue weighted by Gasteiger charge is -2.13. The maximum atomic E-state index is 8.39. The normalized spacial score (nSPS) is 12.2. The number of hydrogen-bond acceptors (Lipinski definition) is 2. The summed E-state index contributed by atoms with van der Waals surface area (Å²) in [5.74, 6) is 0. The van der Waals surface area contributed by atoms with Crippen LogP contribution in [0.4, 0.5) is 0 Å². The van der Waals surface area contributed by atoms with E-state index in [-0.39, 0.29) is 5.38 Å². The number of nitrogens with zero attached hydrogens (tertiary/aromatic N) is 2. The third kappa shape index (κ3) is 4.11. The molecule has 3 heteroatoms. The fourth-order valence-corrected chi connectivity index (χ4v) is 0.711. The molecule has 0 aliphatic rings. The van der Waals surface area contributed by atoms with Crippen molar-refractivity contribution in [3.8, 4) is 6.19 Å². The highest BCUT2D eigenvalue weighted by Gasteiger charge is 2.01. The van der Waals surface area contributed by atoms with Gasteiger partial charge in [0.05, 0.1) is 0 Å². The Hall–Kier alpha value is -0.420. The Morgan fingerprint density at radius 1 is 1.78 bits per heavy atom. The largest absolute Gasteiger partial charge is 0.309 e. The highest BCUT2D eigenvalue weighted by molar-refractivity contribution is 6.20. The first-order chi connectivity index (χ1) is 4.20. The summed E-state index contributed by atoms with van der Waals surface area (Å²) in [4.78, 5) is 1.62. The van der Waals surface area contributed by atoms with Gasteiger partial charge in [-0.3, -0.25) is 0 Å². The van der Waals surface area contributed by atoms with E-state index in [0.717, 1.165) is 6.54 Å². The molecule has 0 fully saturated rings. The van der Waals surface area contributed by atoms with Crippen molar-refractivity contribution in [3.05, 3.63) is 0 Å². The van der Waals surface area contributed by atoms with Crippen LogP contribution in [0.5, 0.6) is 0 Å². The van der Waals surface area contributed by atoms with E-state index in [4.69, 9.17) is 16.9 Å². The molecule has 9 heavy (non-hydrogen) atoms. The molecule has 0 rings (SSSR count). The topological polar surface area (TPSA) is 27.0 Å². The fourth-order valence-electron chi connectivity index (χ4n) is 0.544. The molecule has 1 unspecified atom stereocenters. The summed E-state index contributed by atoms with van der Waals surface area (Å²) < 4.78 is 0. The highest BCUT2D eigenvalue weighted by Crippen LogP contribution is 1.96.